The quantitative estimate of drug-likeness (QED) is 0.787. The molecule has 0 N–H and O–H groups in total. The van der Waals surface area contributed by atoms with Gasteiger partial charge in [-0.3, -0.25) is 4.79 Å². The third-order valence-electron chi connectivity index (χ3n) is 3.25. The Morgan fingerprint density at radius 2 is 1.90 bits per heavy atom. The zero-order valence-corrected chi connectivity index (χ0v) is 15.0. The van der Waals surface area contributed by atoms with Crippen molar-refractivity contribution in [1.29, 1.82) is 5.26 Å². The average molecular weight is 364 g/mol. The van der Waals surface area contributed by atoms with E-state index in [1.807, 2.05) is 30.8 Å². The van der Waals surface area contributed by atoms with E-state index in [1.54, 1.807) is 25.5 Å². The van der Waals surface area contributed by atoms with Crippen molar-refractivity contribution in [3.63, 3.8) is 0 Å². The van der Waals surface area contributed by atoms with Gasteiger partial charge in [-0.1, -0.05) is 18.2 Å². The number of aromatic nitrogens is 1. The molecule has 0 bridgehead atoms. The maximum absolute atomic E-state index is 12.5. The van der Waals surface area contributed by atoms with Gasteiger partial charge in [-0.15, -0.1) is 0 Å². The Bertz CT molecular complexity index is 793. The highest BCUT2D eigenvalue weighted by atomic mass is 79.9. The molecule has 0 spiro atoms. The number of hydrogen-bond donors (Lipinski definition) is 0. The molecule has 2 aromatic rings. The van der Waals surface area contributed by atoms with Crippen molar-refractivity contribution < 1.29 is 4.43 Å². The van der Waals surface area contributed by atoms with Crippen LogP contribution in [0.5, 0.6) is 0 Å². The molecule has 0 aliphatic heterocycles. The molecular formula is C15H16BrN2O2Si. The van der Waals surface area contributed by atoms with E-state index in [2.05, 4.69) is 22.0 Å². The van der Waals surface area contributed by atoms with E-state index >= 15 is 0 Å². The van der Waals surface area contributed by atoms with E-state index < -0.39 is 14.6 Å². The van der Waals surface area contributed by atoms with Gasteiger partial charge in [0.05, 0.1) is 11.4 Å². The molecule has 0 atom stereocenters. The number of nitrogens with zero attached hydrogens (tertiary/aromatic N) is 2. The minimum absolute atomic E-state index is 0.0495. The van der Waals surface area contributed by atoms with E-state index in [-0.39, 0.29) is 5.56 Å². The Balaban J connectivity index is 2.65. The van der Waals surface area contributed by atoms with Crippen LogP contribution < -0.4 is 10.9 Å². The van der Waals surface area contributed by atoms with Crippen LogP contribution in [0.2, 0.25) is 6.55 Å². The molecule has 0 aliphatic carbocycles. The molecule has 0 saturated heterocycles. The summed E-state index contributed by atoms with van der Waals surface area (Å²) in [5.41, 5.74) is -0.920. The standard InChI is InChI=1S/C15H16BrN2O2Si/c1-15(2,9-17)20-21(4)14-12(16)10-7-5-6-8-11(10)13(19)18(14)3/h5-8H,1-4H3. The Morgan fingerprint density at radius 3 is 2.48 bits per heavy atom. The van der Waals surface area contributed by atoms with Crippen molar-refractivity contribution in [3.8, 4) is 6.07 Å². The lowest BCUT2D eigenvalue weighted by Crippen LogP contribution is -2.47. The zero-order chi connectivity index (χ0) is 15.8. The van der Waals surface area contributed by atoms with E-state index in [9.17, 15) is 4.79 Å². The molecule has 1 aromatic carbocycles. The number of nitriles is 1. The summed E-state index contributed by atoms with van der Waals surface area (Å²) < 4.78 is 8.37. The van der Waals surface area contributed by atoms with E-state index in [0.29, 0.717) is 5.39 Å². The van der Waals surface area contributed by atoms with Crippen molar-refractivity contribution in [3.05, 3.63) is 39.1 Å². The first kappa shape index (κ1) is 16.0. The summed E-state index contributed by atoms with van der Waals surface area (Å²) in [6.07, 6.45) is 0. The highest BCUT2D eigenvalue weighted by Crippen LogP contribution is 2.21. The summed E-state index contributed by atoms with van der Waals surface area (Å²) in [5, 5.41) is 11.5. The highest BCUT2D eigenvalue weighted by Gasteiger charge is 2.27. The predicted molar refractivity (Wildman–Crippen MR) is 88.9 cm³/mol. The molecule has 1 heterocycles. The molecule has 0 aliphatic rings. The van der Waals surface area contributed by atoms with Crippen LogP contribution in [0.1, 0.15) is 13.8 Å². The van der Waals surface area contributed by atoms with Gasteiger partial charge in [-0.25, -0.2) is 0 Å². The van der Waals surface area contributed by atoms with Crippen LogP contribution in [-0.4, -0.2) is 19.2 Å². The smallest absolute Gasteiger partial charge is 0.264 e. The molecule has 0 fully saturated rings. The zero-order valence-electron chi connectivity index (χ0n) is 12.4. The van der Waals surface area contributed by atoms with E-state index in [4.69, 9.17) is 9.69 Å². The fourth-order valence-corrected chi connectivity index (χ4v) is 5.64. The second-order valence-corrected chi connectivity index (χ2v) is 7.94. The summed E-state index contributed by atoms with van der Waals surface area (Å²) in [6.45, 7) is 5.40. The number of fused-ring (bicyclic) bond motifs is 1. The first-order chi connectivity index (χ1) is 9.78. The van der Waals surface area contributed by atoms with Gasteiger partial charge in [0, 0.05) is 22.3 Å². The third-order valence-corrected chi connectivity index (χ3v) is 6.49. The van der Waals surface area contributed by atoms with E-state index in [1.165, 1.54) is 0 Å². The molecule has 0 amide bonds. The third kappa shape index (κ3) is 2.95. The predicted octanol–water partition coefficient (Wildman–Crippen LogP) is 2.45. The molecule has 1 radical (unpaired) electrons. The van der Waals surface area contributed by atoms with Gasteiger partial charge in [-0.05, 0) is 42.4 Å². The number of halogens is 1. The van der Waals surface area contributed by atoms with Crippen LogP contribution in [-0.2, 0) is 11.5 Å². The Labute approximate surface area is 133 Å². The van der Waals surface area contributed by atoms with Crippen LogP contribution in [0.25, 0.3) is 10.8 Å². The first-order valence-corrected chi connectivity index (χ1v) is 9.20. The number of rotatable bonds is 3. The van der Waals surface area contributed by atoms with Gasteiger partial charge in [0.25, 0.3) is 14.6 Å². The van der Waals surface area contributed by atoms with Crippen molar-refractivity contribution >= 4 is 41.1 Å². The molecule has 4 nitrogen and oxygen atoms in total. The molecule has 1 aromatic heterocycles. The SMILES string of the molecule is Cn1c([Si](C)OC(C)(C)C#N)c(Br)c2ccccc2c1=O. The lowest BCUT2D eigenvalue weighted by Gasteiger charge is -2.24. The maximum Gasteiger partial charge on any atom is 0.264 e. The fraction of sp³-hybridized carbons (Fsp3) is 0.333. The fourth-order valence-electron chi connectivity index (χ4n) is 2.26. The second kappa shape index (κ2) is 5.76. The molecule has 2 rings (SSSR count). The van der Waals surface area contributed by atoms with Crippen LogP contribution in [0.15, 0.2) is 33.5 Å². The lowest BCUT2D eigenvalue weighted by molar-refractivity contribution is 0.174. The molecule has 0 unspecified atom stereocenters. The van der Waals surface area contributed by atoms with Gasteiger partial charge in [0.15, 0.2) is 0 Å². The number of benzene rings is 1. The summed E-state index contributed by atoms with van der Waals surface area (Å²) in [7, 11) is 0.226. The van der Waals surface area contributed by atoms with Crippen LogP contribution in [0, 0.1) is 11.3 Å². The Hall–Kier alpha value is -1.42. The van der Waals surface area contributed by atoms with Crippen molar-refractivity contribution in [1.82, 2.24) is 4.57 Å². The monoisotopic (exact) mass is 363 g/mol. The highest BCUT2D eigenvalue weighted by molar-refractivity contribution is 9.10. The minimum Gasteiger partial charge on any atom is -0.393 e. The van der Waals surface area contributed by atoms with Gasteiger partial charge >= 0.3 is 0 Å². The molecule has 6 heteroatoms. The Kier molecular flexibility index (Phi) is 4.37. The minimum atomic E-state index is -1.52. The van der Waals surface area contributed by atoms with Crippen molar-refractivity contribution in [2.45, 2.75) is 26.0 Å². The van der Waals surface area contributed by atoms with Crippen molar-refractivity contribution in [2.24, 2.45) is 7.05 Å². The van der Waals surface area contributed by atoms with Crippen LogP contribution in [0.3, 0.4) is 0 Å². The Morgan fingerprint density at radius 1 is 1.33 bits per heavy atom. The van der Waals surface area contributed by atoms with Gasteiger partial charge < -0.3 is 8.99 Å². The van der Waals surface area contributed by atoms with Gasteiger partial charge in [0.1, 0.15) is 5.60 Å². The van der Waals surface area contributed by atoms with Crippen molar-refractivity contribution in [2.75, 3.05) is 0 Å². The van der Waals surface area contributed by atoms with Crippen LogP contribution >= 0.6 is 15.9 Å². The topological polar surface area (TPSA) is 55.0 Å². The van der Waals surface area contributed by atoms with Gasteiger partial charge in [-0.2, -0.15) is 5.26 Å². The van der Waals surface area contributed by atoms with E-state index in [0.717, 1.165) is 15.2 Å². The number of pyridine rings is 1. The molecule has 109 valence electrons. The summed E-state index contributed by atoms with van der Waals surface area (Å²) in [5.74, 6) is 0. The second-order valence-electron chi connectivity index (χ2n) is 5.35. The molecular weight excluding hydrogens is 348 g/mol. The molecule has 21 heavy (non-hydrogen) atoms. The summed E-state index contributed by atoms with van der Waals surface area (Å²) >= 11 is 3.60. The molecule has 0 saturated carbocycles. The maximum atomic E-state index is 12.5. The lowest BCUT2D eigenvalue weighted by atomic mass is 10.2. The van der Waals surface area contributed by atoms with Crippen LogP contribution in [0.4, 0.5) is 0 Å². The largest absolute Gasteiger partial charge is 0.393 e. The average Bonchev–Trinajstić information content (AvgIpc) is 2.44. The summed E-state index contributed by atoms with van der Waals surface area (Å²) in [6, 6.07) is 9.61. The number of hydrogen-bond acceptors (Lipinski definition) is 3. The summed E-state index contributed by atoms with van der Waals surface area (Å²) in [4.78, 5) is 12.5. The first-order valence-electron chi connectivity index (χ1n) is 6.50. The normalized spacial score (nSPS) is 11.9. The van der Waals surface area contributed by atoms with Gasteiger partial charge in [0.2, 0.25) is 0 Å².